The molecule has 0 spiro atoms. The van der Waals surface area contributed by atoms with Crippen LogP contribution in [-0.4, -0.2) is 31.1 Å². The lowest BCUT2D eigenvalue weighted by Crippen LogP contribution is -2.04. The summed E-state index contributed by atoms with van der Waals surface area (Å²) in [5.41, 5.74) is 0.982. The lowest BCUT2D eigenvalue weighted by Gasteiger charge is -2.05. The fraction of sp³-hybridized carbons (Fsp3) is 0. The van der Waals surface area contributed by atoms with Gasteiger partial charge in [0.1, 0.15) is 17.4 Å². The van der Waals surface area contributed by atoms with E-state index in [0.717, 1.165) is 0 Å². The van der Waals surface area contributed by atoms with Gasteiger partial charge in [0.15, 0.2) is 5.82 Å². The van der Waals surface area contributed by atoms with E-state index in [4.69, 9.17) is 0 Å². The molecule has 0 amide bonds. The number of hydrogen-bond acceptors (Lipinski definition) is 5. The number of carbonyl (C=O) groups is 1. The minimum atomic E-state index is -1.23. The normalized spacial score (nSPS) is 11.8. The van der Waals surface area contributed by atoms with Gasteiger partial charge in [0.2, 0.25) is 0 Å². The summed E-state index contributed by atoms with van der Waals surface area (Å²) in [6, 6.07) is 10.3. The number of allylic oxidation sites excluding steroid dienone is 1. The summed E-state index contributed by atoms with van der Waals surface area (Å²) in [5, 5.41) is 28.9. The number of aliphatic hydroxyl groups excluding tert-OH is 1. The summed E-state index contributed by atoms with van der Waals surface area (Å²) in [5.74, 6) is -1.56. The molecule has 3 rings (SSSR count). The monoisotopic (exact) mass is 306 g/mol. The van der Waals surface area contributed by atoms with Crippen molar-refractivity contribution in [3.05, 3.63) is 59.7 Å². The van der Waals surface area contributed by atoms with Crippen molar-refractivity contribution in [2.45, 2.75) is 0 Å². The van der Waals surface area contributed by atoms with Gasteiger partial charge in [-0.3, -0.25) is 4.98 Å². The van der Waals surface area contributed by atoms with Gasteiger partial charge >= 0.3 is 5.97 Å². The Kier molecular flexibility index (Phi) is 3.49. The summed E-state index contributed by atoms with van der Waals surface area (Å²) < 4.78 is 0. The van der Waals surface area contributed by atoms with Crippen LogP contribution >= 0.6 is 0 Å². The summed E-state index contributed by atoms with van der Waals surface area (Å²) in [4.78, 5) is 22.2. The zero-order chi connectivity index (χ0) is 16.4. The molecule has 0 bridgehead atoms. The van der Waals surface area contributed by atoms with E-state index >= 15 is 0 Å². The van der Waals surface area contributed by atoms with Crippen molar-refractivity contribution in [2.24, 2.45) is 0 Å². The highest BCUT2D eigenvalue weighted by atomic mass is 16.4. The molecule has 1 aromatic carbocycles. The van der Waals surface area contributed by atoms with Crippen LogP contribution in [0.15, 0.2) is 42.7 Å². The van der Waals surface area contributed by atoms with E-state index in [9.17, 15) is 20.3 Å². The fourth-order valence-electron chi connectivity index (χ4n) is 2.19. The Labute approximate surface area is 130 Å². The standard InChI is InChI=1S/C16H10N4O3/c17-7-10(15-19-12-3-1-2-4-13(12)20-15)14(21)11-8-18-6-5-9(11)16(22)23/h1-6,8,21H,(H,19,20)(H,22,23)/b14-10-. The maximum atomic E-state index is 11.2. The first-order valence-electron chi connectivity index (χ1n) is 6.58. The third-order valence-electron chi connectivity index (χ3n) is 3.28. The molecule has 3 N–H and O–H groups in total. The van der Waals surface area contributed by atoms with Gasteiger partial charge in [-0.05, 0) is 18.2 Å². The molecule has 2 aromatic heterocycles. The van der Waals surface area contributed by atoms with Crippen molar-refractivity contribution in [1.29, 1.82) is 5.26 Å². The maximum absolute atomic E-state index is 11.2. The number of H-pyrrole nitrogens is 1. The molecule has 3 aromatic rings. The van der Waals surface area contributed by atoms with Crippen molar-refractivity contribution in [3.63, 3.8) is 0 Å². The van der Waals surface area contributed by atoms with Crippen molar-refractivity contribution in [1.82, 2.24) is 15.0 Å². The van der Waals surface area contributed by atoms with Crippen LogP contribution < -0.4 is 0 Å². The fourth-order valence-corrected chi connectivity index (χ4v) is 2.19. The van der Waals surface area contributed by atoms with Gasteiger partial charge in [-0.25, -0.2) is 9.78 Å². The molecule has 0 unspecified atom stereocenters. The van der Waals surface area contributed by atoms with Crippen LogP contribution in [0.5, 0.6) is 0 Å². The Morgan fingerprint density at radius 3 is 2.65 bits per heavy atom. The molecule has 23 heavy (non-hydrogen) atoms. The van der Waals surface area contributed by atoms with Crippen LogP contribution in [0.1, 0.15) is 21.7 Å². The molecule has 0 aliphatic rings. The highest BCUT2D eigenvalue weighted by molar-refractivity contribution is 6.00. The third-order valence-corrected chi connectivity index (χ3v) is 3.28. The second-order valence-corrected chi connectivity index (χ2v) is 4.66. The molecule has 0 aliphatic carbocycles. The summed E-state index contributed by atoms with van der Waals surface area (Å²) in [6.45, 7) is 0. The zero-order valence-corrected chi connectivity index (χ0v) is 11.7. The molecule has 0 fully saturated rings. The Bertz CT molecular complexity index is 949. The number of rotatable bonds is 3. The number of aromatic amines is 1. The predicted octanol–water partition coefficient (Wildman–Crippen LogP) is 2.61. The van der Waals surface area contributed by atoms with E-state index in [1.807, 2.05) is 12.1 Å². The Balaban J connectivity index is 2.21. The first-order valence-corrected chi connectivity index (χ1v) is 6.58. The largest absolute Gasteiger partial charge is 0.506 e. The van der Waals surface area contributed by atoms with Crippen LogP contribution in [-0.2, 0) is 0 Å². The number of hydrogen-bond donors (Lipinski definition) is 3. The van der Waals surface area contributed by atoms with E-state index in [1.54, 1.807) is 18.2 Å². The van der Waals surface area contributed by atoms with Gasteiger partial charge in [-0.15, -0.1) is 0 Å². The Morgan fingerprint density at radius 2 is 1.96 bits per heavy atom. The van der Waals surface area contributed by atoms with Gasteiger partial charge < -0.3 is 15.2 Å². The number of fused-ring (bicyclic) bond motifs is 1. The first-order chi connectivity index (χ1) is 11.1. The SMILES string of the molecule is N#C/C(=C(/O)c1cnccc1C(=O)O)c1nc2ccccc2[nH]1. The number of aromatic carboxylic acids is 1. The first kappa shape index (κ1) is 14.3. The number of nitrogens with zero attached hydrogens (tertiary/aromatic N) is 3. The summed E-state index contributed by atoms with van der Waals surface area (Å²) >= 11 is 0. The predicted molar refractivity (Wildman–Crippen MR) is 82.3 cm³/mol. The lowest BCUT2D eigenvalue weighted by molar-refractivity contribution is 0.0696. The van der Waals surface area contributed by atoms with Crippen molar-refractivity contribution < 1.29 is 15.0 Å². The lowest BCUT2D eigenvalue weighted by atomic mass is 10.1. The molecule has 7 nitrogen and oxygen atoms in total. The number of carboxylic acids is 1. The number of benzene rings is 1. The topological polar surface area (TPSA) is 123 Å². The Morgan fingerprint density at radius 1 is 1.17 bits per heavy atom. The van der Waals surface area contributed by atoms with E-state index in [0.29, 0.717) is 11.0 Å². The van der Waals surface area contributed by atoms with Crippen LogP contribution in [0.3, 0.4) is 0 Å². The van der Waals surface area contributed by atoms with Crippen LogP contribution in [0, 0.1) is 11.3 Å². The number of aromatic nitrogens is 3. The van der Waals surface area contributed by atoms with Gasteiger partial charge in [0.25, 0.3) is 0 Å². The number of nitrogens with one attached hydrogen (secondary N) is 1. The second-order valence-electron chi connectivity index (χ2n) is 4.66. The van der Waals surface area contributed by atoms with Crippen LogP contribution in [0.2, 0.25) is 0 Å². The average Bonchev–Trinajstić information content (AvgIpc) is 2.99. The highest BCUT2D eigenvalue weighted by Gasteiger charge is 2.19. The van der Waals surface area contributed by atoms with Crippen LogP contribution in [0.25, 0.3) is 22.4 Å². The number of aliphatic hydroxyl groups is 1. The van der Waals surface area contributed by atoms with Gasteiger partial charge in [-0.2, -0.15) is 5.26 Å². The molecule has 0 aliphatic heterocycles. The molecule has 0 saturated carbocycles. The number of pyridine rings is 1. The third kappa shape index (κ3) is 2.49. The smallest absolute Gasteiger partial charge is 0.336 e. The van der Waals surface area contributed by atoms with Crippen molar-refractivity contribution >= 4 is 28.3 Å². The molecular formula is C16H10N4O3. The number of para-hydroxylation sites is 2. The van der Waals surface area contributed by atoms with Gasteiger partial charge in [-0.1, -0.05) is 12.1 Å². The molecule has 2 heterocycles. The second kappa shape index (κ2) is 5.61. The van der Waals surface area contributed by atoms with E-state index in [1.165, 1.54) is 18.5 Å². The zero-order valence-electron chi connectivity index (χ0n) is 11.7. The highest BCUT2D eigenvalue weighted by Crippen LogP contribution is 2.25. The van der Waals surface area contributed by atoms with E-state index in [-0.39, 0.29) is 22.5 Å². The average molecular weight is 306 g/mol. The molecule has 0 atom stereocenters. The Hall–Kier alpha value is -3.66. The molecule has 7 heteroatoms. The summed E-state index contributed by atoms with van der Waals surface area (Å²) in [6.07, 6.45) is 2.49. The molecule has 0 saturated heterocycles. The summed E-state index contributed by atoms with van der Waals surface area (Å²) in [7, 11) is 0. The van der Waals surface area contributed by atoms with Gasteiger partial charge in [0.05, 0.1) is 22.2 Å². The minimum Gasteiger partial charge on any atom is -0.506 e. The number of imidazole rings is 1. The molecule has 112 valence electrons. The maximum Gasteiger partial charge on any atom is 0.336 e. The molecular weight excluding hydrogens is 296 g/mol. The van der Waals surface area contributed by atoms with E-state index < -0.39 is 11.7 Å². The van der Waals surface area contributed by atoms with E-state index in [2.05, 4.69) is 15.0 Å². The number of carboxylic acid groups (broad SMARTS) is 1. The van der Waals surface area contributed by atoms with Crippen molar-refractivity contribution in [3.8, 4) is 6.07 Å². The molecule has 0 radical (unpaired) electrons. The quantitative estimate of drug-likeness (QED) is 0.505. The van der Waals surface area contributed by atoms with Gasteiger partial charge in [0, 0.05) is 12.4 Å². The van der Waals surface area contributed by atoms with Crippen molar-refractivity contribution in [2.75, 3.05) is 0 Å². The number of nitriles is 1. The minimum absolute atomic E-state index is 0.0444. The van der Waals surface area contributed by atoms with Crippen LogP contribution in [0.4, 0.5) is 0 Å².